The van der Waals surface area contributed by atoms with Crippen molar-refractivity contribution in [3.05, 3.63) is 58.7 Å². The number of carbonyl (C=O) groups is 2. The Bertz CT molecular complexity index is 733. The number of nitrogens with one attached hydrogen (secondary N) is 1. The first-order valence-electron chi connectivity index (χ1n) is 10.5. The smallest absolute Gasteiger partial charge is 0.307 e. The van der Waals surface area contributed by atoms with Gasteiger partial charge in [-0.05, 0) is 63.5 Å². The molecular formula is C25H37NO3. The molecule has 1 N–H and O–H groups in total. The average molecular weight is 400 g/mol. The third-order valence-electron chi connectivity index (χ3n) is 5.07. The van der Waals surface area contributed by atoms with Gasteiger partial charge in [-0.25, -0.2) is 0 Å². The molecule has 0 aliphatic heterocycles. The van der Waals surface area contributed by atoms with Gasteiger partial charge in [0.1, 0.15) is 0 Å². The van der Waals surface area contributed by atoms with Crippen LogP contribution in [0.3, 0.4) is 0 Å². The van der Waals surface area contributed by atoms with E-state index in [1.807, 2.05) is 25.2 Å². The van der Waals surface area contributed by atoms with E-state index in [0.717, 1.165) is 11.1 Å². The highest BCUT2D eigenvalue weighted by atomic mass is 16.5. The van der Waals surface area contributed by atoms with Gasteiger partial charge in [-0.2, -0.15) is 0 Å². The molecule has 1 aliphatic carbocycles. The SMILES string of the molecule is CCOC(=O)CCNC(=O)/C=C(C)/C=C/C=C(C)/C=C/C1=C(C)CCCC1(C)C. The van der Waals surface area contributed by atoms with Crippen LogP contribution in [-0.2, 0) is 14.3 Å². The Morgan fingerprint density at radius 1 is 1.17 bits per heavy atom. The lowest BCUT2D eigenvalue weighted by Crippen LogP contribution is -2.24. The molecule has 4 heteroatoms. The molecule has 0 spiro atoms. The normalized spacial score (nSPS) is 17.9. The molecule has 1 amide bonds. The summed E-state index contributed by atoms with van der Waals surface area (Å²) in [7, 11) is 0. The Hall–Kier alpha value is -2.36. The molecule has 0 saturated carbocycles. The number of amides is 1. The van der Waals surface area contributed by atoms with Crippen molar-refractivity contribution in [3.8, 4) is 0 Å². The molecule has 0 unspecified atom stereocenters. The second-order valence-electron chi connectivity index (χ2n) is 8.27. The van der Waals surface area contributed by atoms with Crippen LogP contribution in [-0.4, -0.2) is 25.0 Å². The van der Waals surface area contributed by atoms with Crippen molar-refractivity contribution >= 4 is 11.9 Å². The van der Waals surface area contributed by atoms with Gasteiger partial charge in [-0.3, -0.25) is 9.59 Å². The van der Waals surface area contributed by atoms with E-state index in [1.54, 1.807) is 6.92 Å². The second-order valence-corrected chi connectivity index (χ2v) is 8.27. The van der Waals surface area contributed by atoms with Gasteiger partial charge in [0.25, 0.3) is 0 Å². The lowest BCUT2D eigenvalue weighted by atomic mass is 9.72. The molecule has 0 aromatic rings. The van der Waals surface area contributed by atoms with Crippen molar-refractivity contribution < 1.29 is 14.3 Å². The van der Waals surface area contributed by atoms with Crippen LogP contribution >= 0.6 is 0 Å². The van der Waals surface area contributed by atoms with Gasteiger partial charge in [-0.1, -0.05) is 55.4 Å². The van der Waals surface area contributed by atoms with Gasteiger partial charge < -0.3 is 10.1 Å². The van der Waals surface area contributed by atoms with Gasteiger partial charge in [0, 0.05) is 12.6 Å². The molecule has 29 heavy (non-hydrogen) atoms. The van der Waals surface area contributed by atoms with Gasteiger partial charge in [0.05, 0.1) is 13.0 Å². The summed E-state index contributed by atoms with van der Waals surface area (Å²) in [5.74, 6) is -0.511. The van der Waals surface area contributed by atoms with Crippen LogP contribution < -0.4 is 5.32 Å². The Morgan fingerprint density at radius 3 is 2.55 bits per heavy atom. The summed E-state index contributed by atoms with van der Waals surface area (Å²) in [6.45, 7) is 13.2. The lowest BCUT2D eigenvalue weighted by molar-refractivity contribution is -0.142. The first kappa shape index (κ1) is 24.7. The Kier molecular flexibility index (Phi) is 10.4. The predicted molar refractivity (Wildman–Crippen MR) is 120 cm³/mol. The minimum Gasteiger partial charge on any atom is -0.466 e. The van der Waals surface area contributed by atoms with Crippen LogP contribution in [0.15, 0.2) is 58.7 Å². The summed E-state index contributed by atoms with van der Waals surface area (Å²) in [5.41, 5.74) is 5.20. The number of esters is 1. The summed E-state index contributed by atoms with van der Waals surface area (Å²) < 4.78 is 4.82. The molecule has 0 heterocycles. The van der Waals surface area contributed by atoms with Crippen molar-refractivity contribution in [3.63, 3.8) is 0 Å². The molecule has 0 aromatic heterocycles. The predicted octanol–water partition coefficient (Wildman–Crippen LogP) is 5.59. The first-order chi connectivity index (χ1) is 13.7. The van der Waals surface area contributed by atoms with E-state index in [4.69, 9.17) is 4.74 Å². The third-order valence-corrected chi connectivity index (χ3v) is 5.07. The van der Waals surface area contributed by atoms with Crippen LogP contribution in [0.5, 0.6) is 0 Å². The molecule has 0 fully saturated rings. The van der Waals surface area contributed by atoms with Crippen LogP contribution in [0.25, 0.3) is 0 Å². The fourth-order valence-corrected chi connectivity index (χ4v) is 3.46. The molecule has 0 aromatic carbocycles. The van der Waals surface area contributed by atoms with Crippen molar-refractivity contribution in [2.45, 2.75) is 67.2 Å². The summed E-state index contributed by atoms with van der Waals surface area (Å²) in [6, 6.07) is 0. The van der Waals surface area contributed by atoms with Crippen LogP contribution in [0.4, 0.5) is 0 Å². The molecule has 0 bridgehead atoms. The first-order valence-corrected chi connectivity index (χ1v) is 10.5. The number of carbonyl (C=O) groups excluding carboxylic acids is 2. The maximum absolute atomic E-state index is 11.9. The number of hydrogen-bond acceptors (Lipinski definition) is 3. The average Bonchev–Trinajstić information content (AvgIpc) is 2.60. The van der Waals surface area contributed by atoms with Gasteiger partial charge in [0.15, 0.2) is 0 Å². The topological polar surface area (TPSA) is 55.4 Å². The molecule has 1 rings (SSSR count). The van der Waals surface area contributed by atoms with Gasteiger partial charge in [0.2, 0.25) is 5.91 Å². The van der Waals surface area contributed by atoms with Crippen molar-refractivity contribution in [1.29, 1.82) is 0 Å². The Labute approximate surface area is 176 Å². The molecular weight excluding hydrogens is 362 g/mol. The van der Waals surface area contributed by atoms with Crippen LogP contribution in [0.2, 0.25) is 0 Å². The summed E-state index contributed by atoms with van der Waals surface area (Å²) >= 11 is 0. The summed E-state index contributed by atoms with van der Waals surface area (Å²) in [6.07, 6.45) is 15.7. The Balaban J connectivity index is 2.57. The number of hydrogen-bond donors (Lipinski definition) is 1. The highest BCUT2D eigenvalue weighted by molar-refractivity contribution is 5.88. The lowest BCUT2D eigenvalue weighted by Gasteiger charge is -2.32. The number of ether oxygens (including phenoxy) is 1. The molecule has 4 nitrogen and oxygen atoms in total. The summed E-state index contributed by atoms with van der Waals surface area (Å²) in [4.78, 5) is 23.1. The molecule has 160 valence electrons. The van der Waals surface area contributed by atoms with Gasteiger partial charge >= 0.3 is 5.97 Å². The minimum absolute atomic E-state index is 0.184. The highest BCUT2D eigenvalue weighted by Gasteiger charge is 2.26. The zero-order valence-corrected chi connectivity index (χ0v) is 18.9. The number of allylic oxidation sites excluding steroid dienone is 9. The number of rotatable bonds is 9. The van der Waals surface area contributed by atoms with E-state index in [0.29, 0.717) is 6.61 Å². The van der Waals surface area contributed by atoms with Gasteiger partial charge in [-0.15, -0.1) is 0 Å². The molecule has 0 saturated heterocycles. The zero-order chi connectivity index (χ0) is 21.9. The largest absolute Gasteiger partial charge is 0.466 e. The molecule has 0 radical (unpaired) electrons. The van der Waals surface area contributed by atoms with E-state index in [1.165, 1.54) is 36.5 Å². The van der Waals surface area contributed by atoms with E-state index in [2.05, 4.69) is 45.2 Å². The maximum Gasteiger partial charge on any atom is 0.307 e. The van der Waals surface area contributed by atoms with Crippen LogP contribution in [0.1, 0.15) is 67.2 Å². The van der Waals surface area contributed by atoms with Crippen molar-refractivity contribution in [2.24, 2.45) is 5.41 Å². The fraction of sp³-hybridized carbons (Fsp3) is 0.520. The van der Waals surface area contributed by atoms with E-state index in [9.17, 15) is 9.59 Å². The van der Waals surface area contributed by atoms with Crippen molar-refractivity contribution in [1.82, 2.24) is 5.32 Å². The van der Waals surface area contributed by atoms with Crippen molar-refractivity contribution in [2.75, 3.05) is 13.2 Å². The standard InChI is InChI=1S/C25H37NO3/c1-7-29-24(28)15-17-26-23(27)18-20(3)11-8-10-19(2)13-14-22-21(4)12-9-16-25(22,5)6/h8,10-11,13-14,18H,7,9,12,15-17H2,1-6H3,(H,26,27)/b11-8+,14-13+,19-10+,20-18+. The minimum atomic E-state index is -0.301. The van der Waals surface area contributed by atoms with Crippen LogP contribution in [0, 0.1) is 5.41 Å². The highest BCUT2D eigenvalue weighted by Crippen LogP contribution is 2.40. The van der Waals surface area contributed by atoms with E-state index >= 15 is 0 Å². The molecule has 0 atom stereocenters. The monoisotopic (exact) mass is 399 g/mol. The quantitative estimate of drug-likeness (QED) is 0.312. The van der Waals surface area contributed by atoms with E-state index < -0.39 is 0 Å². The summed E-state index contributed by atoms with van der Waals surface area (Å²) in [5, 5.41) is 2.69. The third kappa shape index (κ3) is 9.60. The van der Waals surface area contributed by atoms with E-state index in [-0.39, 0.29) is 30.3 Å². The zero-order valence-electron chi connectivity index (χ0n) is 18.9. The fourth-order valence-electron chi connectivity index (χ4n) is 3.46. The molecule has 1 aliphatic rings. The second kappa shape index (κ2) is 12.3. The Morgan fingerprint density at radius 2 is 1.90 bits per heavy atom. The maximum atomic E-state index is 11.9.